The molecule has 0 aliphatic carbocycles. The molecular formula is C23H23FN2O3. The van der Waals surface area contributed by atoms with Crippen molar-refractivity contribution in [2.45, 2.75) is 13.1 Å². The quantitative estimate of drug-likeness (QED) is 0.690. The first-order chi connectivity index (χ1) is 14.2. The van der Waals surface area contributed by atoms with Gasteiger partial charge in [0.05, 0.1) is 13.2 Å². The van der Waals surface area contributed by atoms with Crippen molar-refractivity contribution >= 4 is 5.91 Å². The van der Waals surface area contributed by atoms with Gasteiger partial charge in [-0.15, -0.1) is 0 Å². The van der Waals surface area contributed by atoms with Gasteiger partial charge in [0.25, 0.3) is 5.91 Å². The SMILES string of the molecule is O=C(NCc1ccccc1CN1CCOCC1)c1ccc(-c2ccc(F)cc2)o1. The monoisotopic (exact) mass is 394 g/mol. The minimum Gasteiger partial charge on any atom is -0.451 e. The molecule has 0 atom stereocenters. The number of morpholine rings is 1. The van der Waals surface area contributed by atoms with E-state index in [0.29, 0.717) is 12.3 Å². The number of benzene rings is 2. The Morgan fingerprint density at radius 2 is 1.69 bits per heavy atom. The molecule has 150 valence electrons. The van der Waals surface area contributed by atoms with Crippen molar-refractivity contribution < 1.29 is 18.3 Å². The second-order valence-electron chi connectivity index (χ2n) is 7.01. The number of carbonyl (C=O) groups is 1. The molecule has 0 spiro atoms. The van der Waals surface area contributed by atoms with Crippen LogP contribution in [0, 0.1) is 5.82 Å². The van der Waals surface area contributed by atoms with Crippen LogP contribution in [0.5, 0.6) is 0 Å². The fraction of sp³-hybridized carbons (Fsp3) is 0.261. The number of rotatable bonds is 6. The molecule has 4 rings (SSSR count). The first-order valence-corrected chi connectivity index (χ1v) is 9.70. The van der Waals surface area contributed by atoms with Crippen LogP contribution in [-0.2, 0) is 17.8 Å². The van der Waals surface area contributed by atoms with E-state index in [0.717, 1.165) is 44.0 Å². The van der Waals surface area contributed by atoms with Gasteiger partial charge in [0, 0.05) is 31.7 Å². The topological polar surface area (TPSA) is 54.7 Å². The largest absolute Gasteiger partial charge is 0.451 e. The number of furan rings is 1. The number of carbonyl (C=O) groups excluding carboxylic acids is 1. The molecule has 0 saturated carbocycles. The van der Waals surface area contributed by atoms with Crippen LogP contribution in [0.3, 0.4) is 0 Å². The van der Waals surface area contributed by atoms with E-state index in [1.165, 1.54) is 17.7 Å². The number of halogens is 1. The molecule has 5 nitrogen and oxygen atoms in total. The predicted octanol–water partition coefficient (Wildman–Crippen LogP) is 3.85. The molecule has 2 aromatic carbocycles. The lowest BCUT2D eigenvalue weighted by atomic mass is 10.1. The van der Waals surface area contributed by atoms with Gasteiger partial charge in [-0.3, -0.25) is 9.69 Å². The summed E-state index contributed by atoms with van der Waals surface area (Å²) in [6.45, 7) is 4.61. The number of hydrogen-bond donors (Lipinski definition) is 1. The molecule has 1 saturated heterocycles. The third kappa shape index (κ3) is 4.91. The van der Waals surface area contributed by atoms with Crippen molar-refractivity contribution in [2.24, 2.45) is 0 Å². The summed E-state index contributed by atoms with van der Waals surface area (Å²) < 4.78 is 24.1. The van der Waals surface area contributed by atoms with E-state index in [4.69, 9.17) is 9.15 Å². The summed E-state index contributed by atoms with van der Waals surface area (Å²) in [4.78, 5) is 14.9. The summed E-state index contributed by atoms with van der Waals surface area (Å²) >= 11 is 0. The molecule has 1 aromatic heterocycles. The van der Waals surface area contributed by atoms with Crippen LogP contribution in [-0.4, -0.2) is 37.1 Å². The minimum absolute atomic E-state index is 0.231. The molecule has 0 unspecified atom stereocenters. The zero-order valence-corrected chi connectivity index (χ0v) is 16.1. The normalized spacial score (nSPS) is 14.7. The number of amides is 1. The van der Waals surface area contributed by atoms with Gasteiger partial charge >= 0.3 is 0 Å². The highest BCUT2D eigenvalue weighted by Crippen LogP contribution is 2.22. The van der Waals surface area contributed by atoms with Gasteiger partial charge in [-0.25, -0.2) is 4.39 Å². The Hall–Kier alpha value is -2.96. The maximum absolute atomic E-state index is 13.1. The van der Waals surface area contributed by atoms with E-state index < -0.39 is 0 Å². The standard InChI is InChI=1S/C23H23FN2O3/c24-20-7-5-17(6-8-20)21-9-10-22(29-21)23(27)25-15-18-3-1-2-4-19(18)16-26-11-13-28-14-12-26/h1-10H,11-16H2,(H,25,27). The third-order valence-electron chi connectivity index (χ3n) is 5.01. The van der Waals surface area contributed by atoms with Crippen molar-refractivity contribution in [3.05, 3.63) is 83.4 Å². The zero-order valence-electron chi connectivity index (χ0n) is 16.1. The lowest BCUT2D eigenvalue weighted by molar-refractivity contribution is 0.0340. The Morgan fingerprint density at radius 1 is 0.966 bits per heavy atom. The number of hydrogen-bond acceptors (Lipinski definition) is 4. The molecule has 29 heavy (non-hydrogen) atoms. The highest BCUT2D eigenvalue weighted by molar-refractivity contribution is 5.92. The predicted molar refractivity (Wildman–Crippen MR) is 108 cm³/mol. The molecular weight excluding hydrogens is 371 g/mol. The minimum atomic E-state index is -0.311. The molecule has 0 bridgehead atoms. The van der Waals surface area contributed by atoms with Gasteiger partial charge in [-0.1, -0.05) is 24.3 Å². The summed E-state index contributed by atoms with van der Waals surface area (Å²) in [6.07, 6.45) is 0. The Labute approximate surface area is 169 Å². The summed E-state index contributed by atoms with van der Waals surface area (Å²) in [5.74, 6) is 0.173. The maximum atomic E-state index is 13.1. The van der Waals surface area contributed by atoms with Crippen LogP contribution in [0.15, 0.2) is 65.1 Å². The summed E-state index contributed by atoms with van der Waals surface area (Å²) in [6, 6.07) is 17.4. The van der Waals surface area contributed by atoms with Crippen LogP contribution >= 0.6 is 0 Å². The highest BCUT2D eigenvalue weighted by Gasteiger charge is 2.15. The molecule has 1 amide bonds. The second kappa shape index (κ2) is 9.03. The Kier molecular flexibility index (Phi) is 6.03. The van der Waals surface area contributed by atoms with Gasteiger partial charge in [0.2, 0.25) is 0 Å². The molecule has 1 fully saturated rings. The molecule has 3 aromatic rings. The Morgan fingerprint density at radius 3 is 2.45 bits per heavy atom. The summed E-state index contributed by atoms with van der Waals surface area (Å²) in [7, 11) is 0. The van der Waals surface area contributed by atoms with E-state index in [1.54, 1.807) is 24.3 Å². The van der Waals surface area contributed by atoms with E-state index in [9.17, 15) is 9.18 Å². The van der Waals surface area contributed by atoms with Crippen molar-refractivity contribution in [1.29, 1.82) is 0 Å². The smallest absolute Gasteiger partial charge is 0.287 e. The van der Waals surface area contributed by atoms with E-state index in [1.807, 2.05) is 18.2 Å². The van der Waals surface area contributed by atoms with Gasteiger partial charge < -0.3 is 14.5 Å². The molecule has 0 radical (unpaired) electrons. The average Bonchev–Trinajstić information content (AvgIpc) is 3.24. The van der Waals surface area contributed by atoms with Crippen molar-refractivity contribution in [3.63, 3.8) is 0 Å². The molecule has 2 heterocycles. The first-order valence-electron chi connectivity index (χ1n) is 9.70. The fourth-order valence-corrected chi connectivity index (χ4v) is 3.38. The molecule has 6 heteroatoms. The van der Waals surface area contributed by atoms with E-state index in [2.05, 4.69) is 16.3 Å². The van der Waals surface area contributed by atoms with Gasteiger partial charge in [0.1, 0.15) is 11.6 Å². The lowest BCUT2D eigenvalue weighted by Gasteiger charge is -2.27. The van der Waals surface area contributed by atoms with Crippen LogP contribution in [0.4, 0.5) is 4.39 Å². The van der Waals surface area contributed by atoms with Crippen molar-refractivity contribution in [3.8, 4) is 11.3 Å². The van der Waals surface area contributed by atoms with Crippen LogP contribution in [0.25, 0.3) is 11.3 Å². The number of nitrogens with one attached hydrogen (secondary N) is 1. The molecule has 1 aliphatic rings. The van der Waals surface area contributed by atoms with Crippen molar-refractivity contribution in [1.82, 2.24) is 10.2 Å². The van der Waals surface area contributed by atoms with E-state index >= 15 is 0 Å². The van der Waals surface area contributed by atoms with Gasteiger partial charge in [-0.05, 0) is 47.5 Å². The average molecular weight is 394 g/mol. The van der Waals surface area contributed by atoms with Crippen LogP contribution in [0.2, 0.25) is 0 Å². The fourth-order valence-electron chi connectivity index (χ4n) is 3.38. The number of nitrogens with zero attached hydrogens (tertiary/aromatic N) is 1. The van der Waals surface area contributed by atoms with Crippen LogP contribution in [0.1, 0.15) is 21.7 Å². The lowest BCUT2D eigenvalue weighted by Crippen LogP contribution is -2.36. The van der Waals surface area contributed by atoms with Crippen LogP contribution < -0.4 is 5.32 Å². The third-order valence-corrected chi connectivity index (χ3v) is 5.01. The molecule has 1 N–H and O–H groups in total. The van der Waals surface area contributed by atoms with Crippen molar-refractivity contribution in [2.75, 3.05) is 26.3 Å². The summed E-state index contributed by atoms with van der Waals surface area (Å²) in [5, 5.41) is 2.93. The highest BCUT2D eigenvalue weighted by atomic mass is 19.1. The molecule has 1 aliphatic heterocycles. The zero-order chi connectivity index (χ0) is 20.1. The second-order valence-corrected chi connectivity index (χ2v) is 7.01. The maximum Gasteiger partial charge on any atom is 0.287 e. The Balaban J connectivity index is 1.39. The first kappa shape index (κ1) is 19.4. The summed E-state index contributed by atoms with van der Waals surface area (Å²) in [5.41, 5.74) is 3.00. The van der Waals surface area contributed by atoms with Gasteiger partial charge in [0.15, 0.2) is 5.76 Å². The Bertz CT molecular complexity index is 962. The van der Waals surface area contributed by atoms with Gasteiger partial charge in [-0.2, -0.15) is 0 Å². The number of ether oxygens (including phenoxy) is 1. The van der Waals surface area contributed by atoms with E-state index in [-0.39, 0.29) is 17.5 Å².